The summed E-state index contributed by atoms with van der Waals surface area (Å²) < 4.78 is 0. The standard InChI is InChI=1S/C10H18N2O2/c1-5-6-8(11)9(13)12(4)7-10(2,3)14/h1,8,14H,6-7,11H2,2-4H3. The van der Waals surface area contributed by atoms with Crippen molar-refractivity contribution in [3.63, 3.8) is 0 Å². The smallest absolute Gasteiger partial charge is 0.240 e. The quantitative estimate of drug-likeness (QED) is 0.602. The Morgan fingerprint density at radius 1 is 1.71 bits per heavy atom. The molecule has 0 heterocycles. The van der Waals surface area contributed by atoms with E-state index in [-0.39, 0.29) is 18.9 Å². The van der Waals surface area contributed by atoms with E-state index in [4.69, 9.17) is 12.2 Å². The van der Waals surface area contributed by atoms with Crippen molar-refractivity contribution in [2.45, 2.75) is 31.9 Å². The van der Waals surface area contributed by atoms with E-state index in [1.807, 2.05) is 0 Å². The minimum Gasteiger partial charge on any atom is -0.389 e. The van der Waals surface area contributed by atoms with Gasteiger partial charge in [0.25, 0.3) is 0 Å². The van der Waals surface area contributed by atoms with Gasteiger partial charge in [-0.3, -0.25) is 4.79 Å². The minimum atomic E-state index is -0.916. The lowest BCUT2D eigenvalue weighted by molar-refractivity contribution is -0.133. The zero-order chi connectivity index (χ0) is 11.4. The van der Waals surface area contributed by atoms with E-state index in [2.05, 4.69) is 5.92 Å². The molecule has 0 aliphatic rings. The highest BCUT2D eigenvalue weighted by Gasteiger charge is 2.22. The molecule has 4 heteroatoms. The van der Waals surface area contributed by atoms with Crippen molar-refractivity contribution in [3.05, 3.63) is 0 Å². The number of hydrogen-bond acceptors (Lipinski definition) is 3. The number of nitrogens with two attached hydrogens (primary N) is 1. The SMILES string of the molecule is C#CCC(N)C(=O)N(C)CC(C)(C)O. The lowest BCUT2D eigenvalue weighted by Crippen LogP contribution is -2.46. The summed E-state index contributed by atoms with van der Waals surface area (Å²) in [5.74, 6) is 2.09. The van der Waals surface area contributed by atoms with Crippen LogP contribution in [0.1, 0.15) is 20.3 Å². The Kier molecular flexibility index (Phi) is 4.61. The van der Waals surface area contributed by atoms with Gasteiger partial charge in [0.1, 0.15) is 0 Å². The molecule has 0 rings (SSSR count). The number of nitrogens with zero attached hydrogens (tertiary/aromatic N) is 1. The van der Waals surface area contributed by atoms with Crippen molar-refractivity contribution in [1.82, 2.24) is 4.90 Å². The number of terminal acetylenes is 1. The van der Waals surface area contributed by atoms with Crippen LogP contribution in [-0.4, -0.2) is 41.1 Å². The highest BCUT2D eigenvalue weighted by Crippen LogP contribution is 2.04. The molecule has 0 saturated carbocycles. The van der Waals surface area contributed by atoms with Crippen LogP contribution in [0.2, 0.25) is 0 Å². The molecule has 0 aromatic carbocycles. The number of rotatable bonds is 4. The molecule has 1 amide bonds. The predicted molar refractivity (Wildman–Crippen MR) is 55.4 cm³/mol. The molecular formula is C10H18N2O2. The summed E-state index contributed by atoms with van der Waals surface area (Å²) in [6.45, 7) is 3.50. The molecule has 1 atom stereocenters. The molecule has 0 spiro atoms. The molecule has 3 N–H and O–H groups in total. The Bertz CT molecular complexity index is 237. The topological polar surface area (TPSA) is 66.6 Å². The van der Waals surface area contributed by atoms with Gasteiger partial charge in [-0.05, 0) is 13.8 Å². The van der Waals surface area contributed by atoms with Gasteiger partial charge in [0, 0.05) is 20.0 Å². The van der Waals surface area contributed by atoms with Gasteiger partial charge in [-0.25, -0.2) is 0 Å². The second-order valence-corrected chi connectivity index (χ2v) is 4.02. The summed E-state index contributed by atoms with van der Waals surface area (Å²) in [7, 11) is 1.59. The molecule has 80 valence electrons. The maximum absolute atomic E-state index is 11.5. The summed E-state index contributed by atoms with van der Waals surface area (Å²) >= 11 is 0. The highest BCUT2D eigenvalue weighted by molar-refractivity contribution is 5.81. The average molecular weight is 198 g/mol. The fourth-order valence-corrected chi connectivity index (χ4v) is 1.16. The summed E-state index contributed by atoms with van der Waals surface area (Å²) in [5.41, 5.74) is 4.62. The molecular weight excluding hydrogens is 180 g/mol. The molecule has 1 unspecified atom stereocenters. The summed E-state index contributed by atoms with van der Waals surface area (Å²) in [4.78, 5) is 12.9. The lowest BCUT2D eigenvalue weighted by Gasteiger charge is -2.27. The van der Waals surface area contributed by atoms with E-state index in [9.17, 15) is 9.90 Å². The number of hydrogen-bond donors (Lipinski definition) is 2. The predicted octanol–water partition coefficient (Wildman–Crippen LogP) is -0.434. The molecule has 0 aromatic heterocycles. The van der Waals surface area contributed by atoms with Crippen LogP contribution in [0.4, 0.5) is 0 Å². The van der Waals surface area contributed by atoms with E-state index < -0.39 is 11.6 Å². The molecule has 0 bridgehead atoms. The van der Waals surface area contributed by atoms with E-state index in [1.165, 1.54) is 4.90 Å². The van der Waals surface area contributed by atoms with Crippen molar-refractivity contribution >= 4 is 5.91 Å². The van der Waals surface area contributed by atoms with Gasteiger partial charge in [-0.1, -0.05) is 0 Å². The van der Waals surface area contributed by atoms with Gasteiger partial charge in [0.15, 0.2) is 0 Å². The van der Waals surface area contributed by atoms with Crippen LogP contribution >= 0.6 is 0 Å². The van der Waals surface area contributed by atoms with Crippen LogP contribution in [-0.2, 0) is 4.79 Å². The fraction of sp³-hybridized carbons (Fsp3) is 0.700. The summed E-state index contributed by atoms with van der Waals surface area (Å²) in [5, 5.41) is 9.47. The van der Waals surface area contributed by atoms with Crippen LogP contribution in [0.15, 0.2) is 0 Å². The van der Waals surface area contributed by atoms with Crippen molar-refractivity contribution in [3.8, 4) is 12.3 Å². The second kappa shape index (κ2) is 4.99. The first-order valence-corrected chi connectivity index (χ1v) is 4.44. The van der Waals surface area contributed by atoms with Crippen LogP contribution in [0.5, 0.6) is 0 Å². The van der Waals surface area contributed by atoms with E-state index in [0.717, 1.165) is 0 Å². The molecule has 0 saturated heterocycles. The first-order valence-electron chi connectivity index (χ1n) is 4.44. The van der Waals surface area contributed by atoms with Crippen LogP contribution in [0.3, 0.4) is 0 Å². The Balaban J connectivity index is 4.20. The molecule has 0 aliphatic carbocycles. The van der Waals surface area contributed by atoms with Gasteiger partial charge in [0.2, 0.25) is 5.91 Å². The van der Waals surface area contributed by atoms with Crippen LogP contribution < -0.4 is 5.73 Å². The number of likely N-dealkylation sites (N-methyl/N-ethyl adjacent to an activating group) is 1. The Labute approximate surface area is 85.1 Å². The van der Waals surface area contributed by atoms with Gasteiger partial charge in [-0.2, -0.15) is 0 Å². The van der Waals surface area contributed by atoms with Gasteiger partial charge >= 0.3 is 0 Å². The average Bonchev–Trinajstić information content (AvgIpc) is 2.00. The maximum Gasteiger partial charge on any atom is 0.240 e. The third kappa shape index (κ3) is 4.85. The van der Waals surface area contributed by atoms with Crippen molar-refractivity contribution in [2.24, 2.45) is 5.73 Å². The maximum atomic E-state index is 11.5. The third-order valence-corrected chi connectivity index (χ3v) is 1.66. The second-order valence-electron chi connectivity index (χ2n) is 4.02. The van der Waals surface area contributed by atoms with Crippen LogP contribution in [0, 0.1) is 12.3 Å². The fourth-order valence-electron chi connectivity index (χ4n) is 1.16. The first kappa shape index (κ1) is 12.9. The zero-order valence-electron chi connectivity index (χ0n) is 8.95. The molecule has 0 aliphatic heterocycles. The van der Waals surface area contributed by atoms with E-state index in [1.54, 1.807) is 20.9 Å². The van der Waals surface area contributed by atoms with Gasteiger partial charge in [0.05, 0.1) is 11.6 Å². The Hall–Kier alpha value is -1.05. The van der Waals surface area contributed by atoms with Gasteiger partial charge < -0.3 is 15.7 Å². The largest absolute Gasteiger partial charge is 0.389 e. The monoisotopic (exact) mass is 198 g/mol. The Morgan fingerprint density at radius 3 is 2.57 bits per heavy atom. The molecule has 4 nitrogen and oxygen atoms in total. The van der Waals surface area contributed by atoms with Crippen LogP contribution in [0.25, 0.3) is 0 Å². The number of carbonyl (C=O) groups is 1. The van der Waals surface area contributed by atoms with Crippen molar-refractivity contribution in [2.75, 3.05) is 13.6 Å². The Morgan fingerprint density at radius 2 is 2.21 bits per heavy atom. The number of aliphatic hydroxyl groups is 1. The highest BCUT2D eigenvalue weighted by atomic mass is 16.3. The first-order chi connectivity index (χ1) is 6.28. The third-order valence-electron chi connectivity index (χ3n) is 1.66. The lowest BCUT2D eigenvalue weighted by atomic mass is 10.1. The molecule has 0 radical (unpaired) electrons. The van der Waals surface area contributed by atoms with Gasteiger partial charge in [-0.15, -0.1) is 12.3 Å². The number of amides is 1. The molecule has 0 fully saturated rings. The number of carbonyl (C=O) groups excluding carboxylic acids is 1. The summed E-state index contributed by atoms with van der Waals surface area (Å²) in [6.07, 6.45) is 5.26. The summed E-state index contributed by atoms with van der Waals surface area (Å²) in [6, 6.07) is -0.674. The normalized spacial score (nSPS) is 13.1. The van der Waals surface area contributed by atoms with Crippen molar-refractivity contribution < 1.29 is 9.90 Å². The molecule has 14 heavy (non-hydrogen) atoms. The zero-order valence-corrected chi connectivity index (χ0v) is 8.95. The van der Waals surface area contributed by atoms with E-state index >= 15 is 0 Å². The van der Waals surface area contributed by atoms with Crippen molar-refractivity contribution in [1.29, 1.82) is 0 Å². The minimum absolute atomic E-state index is 0.217. The molecule has 0 aromatic rings. The van der Waals surface area contributed by atoms with E-state index in [0.29, 0.717) is 0 Å².